The first kappa shape index (κ1) is 9.14. The molecule has 0 radical (unpaired) electrons. The number of anilines is 1. The Kier molecular flexibility index (Phi) is 2.93. The first-order valence-electron chi connectivity index (χ1n) is 3.75. The first-order chi connectivity index (χ1) is 6.20. The predicted octanol–water partition coefficient (Wildman–Crippen LogP) is 1.10. The molecule has 3 nitrogen and oxygen atoms in total. The highest BCUT2D eigenvalue weighted by Crippen LogP contribution is 2.07. The third-order valence-electron chi connectivity index (χ3n) is 1.42. The van der Waals surface area contributed by atoms with Crippen LogP contribution in [0.2, 0.25) is 0 Å². The maximum absolute atomic E-state index is 10.1. The second-order valence-corrected chi connectivity index (χ2v) is 2.46. The van der Waals surface area contributed by atoms with Crippen molar-refractivity contribution in [2.75, 3.05) is 5.73 Å². The van der Waals surface area contributed by atoms with E-state index in [1.165, 1.54) is 0 Å². The zero-order valence-electron chi connectivity index (χ0n) is 6.95. The lowest BCUT2D eigenvalue weighted by atomic mass is 10.2. The molecule has 0 unspecified atom stereocenters. The summed E-state index contributed by atoms with van der Waals surface area (Å²) < 4.78 is 0. The molecule has 0 spiro atoms. The minimum Gasteiger partial charge on any atom is -0.481 e. The van der Waals surface area contributed by atoms with Gasteiger partial charge in [0.2, 0.25) is 0 Å². The van der Waals surface area contributed by atoms with Gasteiger partial charge in [0.25, 0.3) is 0 Å². The Hall–Kier alpha value is -1.95. The Morgan fingerprint density at radius 3 is 2.77 bits per heavy atom. The van der Waals surface area contributed by atoms with Crippen LogP contribution >= 0.6 is 0 Å². The number of aliphatic carboxylic acids is 1. The van der Waals surface area contributed by atoms with Gasteiger partial charge in [-0.05, 0) is 12.1 Å². The van der Waals surface area contributed by atoms with Crippen LogP contribution in [0.15, 0.2) is 24.3 Å². The maximum atomic E-state index is 10.1. The number of hydrogen-bond donors (Lipinski definition) is 2. The van der Waals surface area contributed by atoms with Crippen molar-refractivity contribution < 1.29 is 9.90 Å². The predicted molar refractivity (Wildman–Crippen MR) is 50.0 cm³/mol. The molecule has 0 amide bonds. The van der Waals surface area contributed by atoms with Crippen LogP contribution in [0.3, 0.4) is 0 Å². The van der Waals surface area contributed by atoms with Crippen LogP contribution in [-0.4, -0.2) is 11.1 Å². The normalized spacial score (nSPS) is 8.62. The van der Waals surface area contributed by atoms with Crippen molar-refractivity contribution in [2.45, 2.75) is 6.42 Å². The van der Waals surface area contributed by atoms with E-state index in [0.29, 0.717) is 11.3 Å². The highest BCUT2D eigenvalue weighted by atomic mass is 16.4. The molecular formula is C10H9NO2. The molecule has 0 bridgehead atoms. The largest absolute Gasteiger partial charge is 0.481 e. The molecule has 0 aliphatic carbocycles. The summed E-state index contributed by atoms with van der Waals surface area (Å²) in [5.74, 6) is 4.27. The van der Waals surface area contributed by atoms with E-state index < -0.39 is 5.97 Å². The molecule has 0 atom stereocenters. The lowest BCUT2D eigenvalue weighted by Crippen LogP contribution is -1.91. The third-order valence-corrected chi connectivity index (χ3v) is 1.42. The van der Waals surface area contributed by atoms with E-state index in [4.69, 9.17) is 10.8 Å². The number of nitrogen functional groups attached to an aromatic ring is 1. The van der Waals surface area contributed by atoms with Gasteiger partial charge in [-0.3, -0.25) is 4.79 Å². The molecule has 13 heavy (non-hydrogen) atoms. The topological polar surface area (TPSA) is 63.3 Å². The van der Waals surface area contributed by atoms with Gasteiger partial charge in [0, 0.05) is 11.3 Å². The standard InChI is InChI=1S/C10H9NO2/c11-9-6-2-1-4-8(9)5-3-7-10(12)13/h1-2,4,6H,7,11H2,(H,12,13). The van der Waals surface area contributed by atoms with Crippen molar-refractivity contribution in [1.82, 2.24) is 0 Å². The molecule has 3 heteroatoms. The Bertz CT molecular complexity index is 374. The van der Waals surface area contributed by atoms with E-state index in [1.807, 2.05) is 0 Å². The molecule has 3 N–H and O–H groups in total. The van der Waals surface area contributed by atoms with Gasteiger partial charge in [-0.15, -0.1) is 0 Å². The minimum atomic E-state index is -0.929. The van der Waals surface area contributed by atoms with Gasteiger partial charge in [-0.2, -0.15) is 0 Å². The molecule has 0 aliphatic rings. The van der Waals surface area contributed by atoms with Crippen molar-refractivity contribution >= 4 is 11.7 Å². The average molecular weight is 175 g/mol. The molecule has 0 heterocycles. The Labute approximate surface area is 76.2 Å². The van der Waals surface area contributed by atoms with Crippen LogP contribution in [-0.2, 0) is 4.79 Å². The lowest BCUT2D eigenvalue weighted by molar-refractivity contribution is -0.135. The van der Waals surface area contributed by atoms with Gasteiger partial charge in [0.1, 0.15) is 6.42 Å². The summed E-state index contributed by atoms with van der Waals surface area (Å²) in [5, 5.41) is 8.33. The van der Waals surface area contributed by atoms with Crippen LogP contribution in [0, 0.1) is 11.8 Å². The Morgan fingerprint density at radius 2 is 2.15 bits per heavy atom. The van der Waals surface area contributed by atoms with Gasteiger partial charge < -0.3 is 10.8 Å². The second kappa shape index (κ2) is 4.17. The van der Waals surface area contributed by atoms with Crippen molar-refractivity contribution in [2.24, 2.45) is 0 Å². The van der Waals surface area contributed by atoms with E-state index >= 15 is 0 Å². The van der Waals surface area contributed by atoms with Crippen LogP contribution < -0.4 is 5.73 Å². The van der Waals surface area contributed by atoms with Crippen LogP contribution in [0.5, 0.6) is 0 Å². The van der Waals surface area contributed by atoms with Gasteiger partial charge in [0.15, 0.2) is 0 Å². The SMILES string of the molecule is Nc1ccccc1C#CCC(=O)O. The van der Waals surface area contributed by atoms with Crippen LogP contribution in [0.1, 0.15) is 12.0 Å². The number of rotatable bonds is 1. The van der Waals surface area contributed by atoms with E-state index in [0.717, 1.165) is 0 Å². The zero-order chi connectivity index (χ0) is 9.68. The van der Waals surface area contributed by atoms with Crippen molar-refractivity contribution in [3.63, 3.8) is 0 Å². The summed E-state index contributed by atoms with van der Waals surface area (Å²) in [7, 11) is 0. The molecule has 0 aliphatic heterocycles. The number of carboxylic acid groups (broad SMARTS) is 1. The lowest BCUT2D eigenvalue weighted by Gasteiger charge is -1.94. The third kappa shape index (κ3) is 2.88. The smallest absolute Gasteiger partial charge is 0.315 e. The minimum absolute atomic E-state index is 0.158. The summed E-state index contributed by atoms with van der Waals surface area (Å²) >= 11 is 0. The highest BCUT2D eigenvalue weighted by molar-refractivity contribution is 5.70. The molecule has 0 aromatic heterocycles. The van der Waals surface area contributed by atoms with E-state index in [1.54, 1.807) is 24.3 Å². The molecule has 1 aromatic carbocycles. The summed E-state index contributed by atoms with van der Waals surface area (Å²) in [6, 6.07) is 7.09. The summed E-state index contributed by atoms with van der Waals surface area (Å²) in [6.07, 6.45) is -0.158. The monoisotopic (exact) mass is 175 g/mol. The first-order valence-corrected chi connectivity index (χ1v) is 3.75. The molecule has 1 rings (SSSR count). The second-order valence-electron chi connectivity index (χ2n) is 2.46. The van der Waals surface area contributed by atoms with Gasteiger partial charge in [-0.25, -0.2) is 0 Å². The number of para-hydroxylation sites is 1. The number of hydrogen-bond acceptors (Lipinski definition) is 2. The molecule has 0 saturated carbocycles. The number of carbonyl (C=O) groups is 1. The van der Waals surface area contributed by atoms with Crippen LogP contribution in [0.25, 0.3) is 0 Å². The summed E-state index contributed by atoms with van der Waals surface area (Å²) in [6.45, 7) is 0. The fourth-order valence-electron chi connectivity index (χ4n) is 0.826. The number of nitrogens with two attached hydrogens (primary N) is 1. The van der Waals surface area contributed by atoms with Crippen molar-refractivity contribution in [3.8, 4) is 11.8 Å². The quantitative estimate of drug-likeness (QED) is 0.496. The van der Waals surface area contributed by atoms with Gasteiger partial charge in [-0.1, -0.05) is 24.0 Å². The van der Waals surface area contributed by atoms with Crippen LogP contribution in [0.4, 0.5) is 5.69 Å². The average Bonchev–Trinajstić information content (AvgIpc) is 2.08. The Balaban J connectivity index is 2.77. The molecule has 66 valence electrons. The number of benzene rings is 1. The van der Waals surface area contributed by atoms with Crippen molar-refractivity contribution in [3.05, 3.63) is 29.8 Å². The highest BCUT2D eigenvalue weighted by Gasteiger charge is 1.92. The fraction of sp³-hybridized carbons (Fsp3) is 0.100. The molecule has 0 fully saturated rings. The van der Waals surface area contributed by atoms with Crippen molar-refractivity contribution in [1.29, 1.82) is 0 Å². The van der Waals surface area contributed by atoms with Gasteiger partial charge >= 0.3 is 5.97 Å². The summed E-state index contributed by atoms with van der Waals surface area (Å²) in [4.78, 5) is 10.1. The molecular weight excluding hydrogens is 166 g/mol. The number of carboxylic acids is 1. The summed E-state index contributed by atoms with van der Waals surface area (Å²) in [5.41, 5.74) is 6.83. The molecule has 1 aromatic rings. The zero-order valence-corrected chi connectivity index (χ0v) is 6.95. The van der Waals surface area contributed by atoms with E-state index in [2.05, 4.69) is 11.8 Å². The van der Waals surface area contributed by atoms with E-state index in [-0.39, 0.29) is 6.42 Å². The fourth-order valence-corrected chi connectivity index (χ4v) is 0.826. The van der Waals surface area contributed by atoms with E-state index in [9.17, 15) is 4.79 Å². The maximum Gasteiger partial charge on any atom is 0.315 e. The Morgan fingerprint density at radius 1 is 1.46 bits per heavy atom. The van der Waals surface area contributed by atoms with Gasteiger partial charge in [0.05, 0.1) is 0 Å². The molecule has 0 saturated heterocycles.